The van der Waals surface area contributed by atoms with Gasteiger partial charge in [0.25, 0.3) is 10.0 Å². The molecule has 2 heterocycles. The standard InChI is InChI=1S/C15H17N3O2S/c1-11-5-6-12(2)15(10-11)21(19,20)17-16-13-7-9-18-8-3-4-14(13)18/h3-6,8,10,17H,7,9H2,1-2H3/b16-13+. The zero-order valence-corrected chi connectivity index (χ0v) is 12.8. The van der Waals surface area contributed by atoms with E-state index >= 15 is 0 Å². The molecule has 0 amide bonds. The molecule has 0 fully saturated rings. The molecule has 6 heteroatoms. The summed E-state index contributed by atoms with van der Waals surface area (Å²) < 4.78 is 26.8. The van der Waals surface area contributed by atoms with E-state index < -0.39 is 10.0 Å². The molecule has 1 aliphatic rings. The number of aromatic nitrogens is 1. The summed E-state index contributed by atoms with van der Waals surface area (Å²) in [7, 11) is -3.63. The molecule has 0 atom stereocenters. The van der Waals surface area contributed by atoms with E-state index in [1.54, 1.807) is 19.1 Å². The van der Waals surface area contributed by atoms with Crippen LogP contribution in [0.25, 0.3) is 0 Å². The first-order valence-corrected chi connectivity index (χ1v) is 8.27. The van der Waals surface area contributed by atoms with E-state index in [0.717, 1.165) is 29.9 Å². The Kier molecular flexibility index (Phi) is 3.33. The van der Waals surface area contributed by atoms with Crippen LogP contribution in [0, 0.1) is 13.8 Å². The Morgan fingerprint density at radius 1 is 1.24 bits per heavy atom. The Hall–Kier alpha value is -2.08. The van der Waals surface area contributed by atoms with Gasteiger partial charge >= 0.3 is 0 Å². The Bertz CT molecular complexity index is 819. The molecule has 0 spiro atoms. The van der Waals surface area contributed by atoms with Crippen LogP contribution in [0.2, 0.25) is 0 Å². The second-order valence-corrected chi connectivity index (χ2v) is 6.89. The van der Waals surface area contributed by atoms with Gasteiger partial charge in [-0.05, 0) is 43.2 Å². The first-order chi connectivity index (χ1) is 9.97. The summed E-state index contributed by atoms with van der Waals surface area (Å²) in [6.07, 6.45) is 2.71. The molecule has 110 valence electrons. The van der Waals surface area contributed by atoms with Crippen LogP contribution in [-0.4, -0.2) is 18.7 Å². The minimum absolute atomic E-state index is 0.278. The molecular formula is C15H17N3O2S. The van der Waals surface area contributed by atoms with Gasteiger partial charge in [-0.3, -0.25) is 0 Å². The van der Waals surface area contributed by atoms with Crippen molar-refractivity contribution in [3.63, 3.8) is 0 Å². The van der Waals surface area contributed by atoms with Gasteiger partial charge in [0.1, 0.15) is 0 Å². The average molecular weight is 303 g/mol. The van der Waals surface area contributed by atoms with Crippen LogP contribution in [0.4, 0.5) is 0 Å². The molecule has 0 saturated heterocycles. The SMILES string of the molecule is Cc1ccc(C)c(S(=O)(=O)N/N=C2\CCn3cccc32)c1. The molecule has 1 N–H and O–H groups in total. The second-order valence-electron chi connectivity index (χ2n) is 5.26. The lowest BCUT2D eigenvalue weighted by Gasteiger charge is -2.08. The molecule has 21 heavy (non-hydrogen) atoms. The number of hydrogen-bond donors (Lipinski definition) is 1. The maximum atomic E-state index is 12.4. The molecule has 3 rings (SSSR count). The molecule has 1 aromatic heterocycles. The van der Waals surface area contributed by atoms with E-state index in [0.29, 0.717) is 5.56 Å². The van der Waals surface area contributed by atoms with Crippen molar-refractivity contribution >= 4 is 15.7 Å². The van der Waals surface area contributed by atoms with E-state index in [4.69, 9.17) is 0 Å². The topological polar surface area (TPSA) is 63.5 Å². The summed E-state index contributed by atoms with van der Waals surface area (Å²) in [5, 5.41) is 4.11. The largest absolute Gasteiger partial charge is 0.346 e. The van der Waals surface area contributed by atoms with Crippen LogP contribution >= 0.6 is 0 Å². The lowest BCUT2D eigenvalue weighted by Crippen LogP contribution is -2.21. The van der Waals surface area contributed by atoms with Gasteiger partial charge < -0.3 is 4.57 Å². The Balaban J connectivity index is 1.90. The van der Waals surface area contributed by atoms with Crippen LogP contribution in [0.1, 0.15) is 23.2 Å². The molecule has 5 nitrogen and oxygen atoms in total. The fourth-order valence-corrected chi connectivity index (χ4v) is 3.66. The highest BCUT2D eigenvalue weighted by atomic mass is 32.2. The lowest BCUT2D eigenvalue weighted by molar-refractivity contribution is 0.583. The summed E-state index contributed by atoms with van der Waals surface area (Å²) in [5.74, 6) is 0. The number of benzene rings is 1. The van der Waals surface area contributed by atoms with Crippen molar-refractivity contribution in [2.24, 2.45) is 5.10 Å². The third-order valence-corrected chi connectivity index (χ3v) is 5.00. The number of nitrogens with zero attached hydrogens (tertiary/aromatic N) is 2. The third kappa shape index (κ3) is 2.58. The minimum Gasteiger partial charge on any atom is -0.346 e. The molecule has 0 saturated carbocycles. The maximum Gasteiger partial charge on any atom is 0.276 e. The molecular weight excluding hydrogens is 286 g/mol. The quantitative estimate of drug-likeness (QED) is 0.883. The van der Waals surface area contributed by atoms with E-state index in [-0.39, 0.29) is 4.90 Å². The van der Waals surface area contributed by atoms with Gasteiger partial charge in [0.05, 0.1) is 16.3 Å². The van der Waals surface area contributed by atoms with Crippen molar-refractivity contribution in [3.8, 4) is 0 Å². The number of hydrazone groups is 1. The predicted molar refractivity (Wildman–Crippen MR) is 81.8 cm³/mol. The fourth-order valence-electron chi connectivity index (χ4n) is 2.50. The van der Waals surface area contributed by atoms with Crippen LogP contribution in [0.3, 0.4) is 0 Å². The second kappa shape index (κ2) is 5.04. The molecule has 0 unspecified atom stereocenters. The van der Waals surface area contributed by atoms with Crippen LogP contribution < -0.4 is 4.83 Å². The maximum absolute atomic E-state index is 12.4. The highest BCUT2D eigenvalue weighted by Gasteiger charge is 2.20. The summed E-state index contributed by atoms with van der Waals surface area (Å²) in [6, 6.07) is 9.23. The zero-order valence-electron chi connectivity index (χ0n) is 12.0. The number of aryl methyl sites for hydroxylation is 3. The van der Waals surface area contributed by atoms with Crippen molar-refractivity contribution in [1.82, 2.24) is 9.40 Å². The number of nitrogens with one attached hydrogen (secondary N) is 1. The predicted octanol–water partition coefficient (Wildman–Crippen LogP) is 2.19. The van der Waals surface area contributed by atoms with Gasteiger partial charge in [-0.25, -0.2) is 0 Å². The zero-order chi connectivity index (χ0) is 15.0. The van der Waals surface area contributed by atoms with Gasteiger partial charge in [-0.15, -0.1) is 0 Å². The molecule has 2 aromatic rings. The van der Waals surface area contributed by atoms with E-state index in [2.05, 4.69) is 14.5 Å². The third-order valence-electron chi connectivity index (χ3n) is 3.65. The average Bonchev–Trinajstić information content (AvgIpc) is 3.02. The van der Waals surface area contributed by atoms with Crippen LogP contribution in [-0.2, 0) is 16.6 Å². The molecule has 0 radical (unpaired) electrons. The first kappa shape index (κ1) is 13.9. The van der Waals surface area contributed by atoms with E-state index in [1.807, 2.05) is 31.3 Å². The molecule has 0 aliphatic carbocycles. The van der Waals surface area contributed by atoms with Crippen molar-refractivity contribution in [1.29, 1.82) is 0 Å². The van der Waals surface area contributed by atoms with Gasteiger partial charge in [-0.1, -0.05) is 12.1 Å². The first-order valence-electron chi connectivity index (χ1n) is 6.78. The molecule has 1 aromatic carbocycles. The van der Waals surface area contributed by atoms with Crippen molar-refractivity contribution in [3.05, 3.63) is 53.3 Å². The Labute approximate surface area is 124 Å². The van der Waals surface area contributed by atoms with Crippen LogP contribution in [0.5, 0.6) is 0 Å². The Morgan fingerprint density at radius 2 is 2.05 bits per heavy atom. The monoisotopic (exact) mass is 303 g/mol. The summed E-state index contributed by atoms with van der Waals surface area (Å²) in [6.45, 7) is 4.49. The highest BCUT2D eigenvalue weighted by Crippen LogP contribution is 2.18. The highest BCUT2D eigenvalue weighted by molar-refractivity contribution is 7.89. The van der Waals surface area contributed by atoms with Gasteiger partial charge in [0, 0.05) is 19.2 Å². The van der Waals surface area contributed by atoms with E-state index in [1.165, 1.54) is 0 Å². The van der Waals surface area contributed by atoms with Gasteiger partial charge in [0.15, 0.2) is 0 Å². The van der Waals surface area contributed by atoms with Crippen molar-refractivity contribution < 1.29 is 8.42 Å². The number of rotatable bonds is 3. The van der Waals surface area contributed by atoms with Crippen molar-refractivity contribution in [2.75, 3.05) is 0 Å². The smallest absolute Gasteiger partial charge is 0.276 e. The number of fused-ring (bicyclic) bond motifs is 1. The van der Waals surface area contributed by atoms with E-state index in [9.17, 15) is 8.42 Å². The summed E-state index contributed by atoms with van der Waals surface area (Å²) in [4.78, 5) is 2.64. The van der Waals surface area contributed by atoms with Crippen molar-refractivity contribution in [2.45, 2.75) is 31.7 Å². The molecule has 0 bridgehead atoms. The van der Waals surface area contributed by atoms with Gasteiger partial charge in [-0.2, -0.15) is 18.4 Å². The lowest BCUT2D eigenvalue weighted by atomic mass is 10.2. The summed E-state index contributed by atoms with van der Waals surface area (Å²) in [5.41, 5.74) is 3.36. The number of hydrogen-bond acceptors (Lipinski definition) is 3. The Morgan fingerprint density at radius 3 is 2.86 bits per heavy atom. The van der Waals surface area contributed by atoms with Crippen LogP contribution in [0.15, 0.2) is 46.5 Å². The summed E-state index contributed by atoms with van der Waals surface area (Å²) >= 11 is 0. The normalized spacial score (nSPS) is 16.2. The van der Waals surface area contributed by atoms with Gasteiger partial charge in [0.2, 0.25) is 0 Å². The molecule has 1 aliphatic heterocycles. The number of sulfonamides is 1. The minimum atomic E-state index is -3.63. The fraction of sp³-hybridized carbons (Fsp3) is 0.267.